The van der Waals surface area contributed by atoms with E-state index in [1.807, 2.05) is 0 Å². The average molecular weight is 567 g/mol. The van der Waals surface area contributed by atoms with Crippen LogP contribution in [0.4, 0.5) is 0 Å². The standard InChI is InChI=1S/C26H35N2O10P/c1-6-35-39(32,36-7-2)18(4)15-20-21(38-25(30)19-11-9-8-10-12-19)22(34-14-13-33-5)24(37-20)28-16-17(3)23(29)27-26(28)31/h8-12,16,20-22,24H,4,6-7,13-15H2,1-3,5H3,(H,27,29,31)/t20?,21-,22-,24-/m1/s1. The Labute approximate surface area is 226 Å². The number of carbonyl (C=O) groups is 1. The van der Waals surface area contributed by atoms with Crippen molar-refractivity contribution in [3.05, 3.63) is 80.4 Å². The first-order chi connectivity index (χ1) is 18.6. The summed E-state index contributed by atoms with van der Waals surface area (Å²) in [6.07, 6.45) is -2.91. The van der Waals surface area contributed by atoms with Crippen LogP contribution >= 0.6 is 7.60 Å². The van der Waals surface area contributed by atoms with Crippen molar-refractivity contribution in [2.45, 2.75) is 51.7 Å². The summed E-state index contributed by atoms with van der Waals surface area (Å²) in [5.41, 5.74) is -0.729. The van der Waals surface area contributed by atoms with Gasteiger partial charge in [0.1, 0.15) is 12.2 Å². The van der Waals surface area contributed by atoms with Crippen LogP contribution in [0.2, 0.25) is 0 Å². The van der Waals surface area contributed by atoms with E-state index in [1.165, 1.54) is 24.8 Å². The van der Waals surface area contributed by atoms with E-state index < -0.39 is 49.4 Å². The smallest absolute Gasteiger partial charge is 0.356 e. The first kappa shape index (κ1) is 30.7. The van der Waals surface area contributed by atoms with Crippen LogP contribution in [0.15, 0.2) is 58.0 Å². The fourth-order valence-electron chi connectivity index (χ4n) is 4.13. The number of aromatic amines is 1. The van der Waals surface area contributed by atoms with E-state index in [4.69, 9.17) is 28.0 Å². The molecular weight excluding hydrogens is 531 g/mol. The van der Waals surface area contributed by atoms with E-state index in [-0.39, 0.29) is 43.7 Å². The number of hydrogen-bond acceptors (Lipinski definition) is 10. The predicted octanol–water partition coefficient (Wildman–Crippen LogP) is 3.17. The quantitative estimate of drug-likeness (QED) is 0.206. The van der Waals surface area contributed by atoms with Crippen molar-refractivity contribution in [2.75, 3.05) is 33.5 Å². The molecule has 0 amide bonds. The van der Waals surface area contributed by atoms with Gasteiger partial charge in [-0.3, -0.25) is 18.9 Å². The zero-order valence-corrected chi connectivity index (χ0v) is 23.4. The molecule has 1 aromatic carbocycles. The van der Waals surface area contributed by atoms with E-state index in [0.717, 1.165) is 0 Å². The van der Waals surface area contributed by atoms with E-state index in [9.17, 15) is 18.9 Å². The number of aryl methyl sites for hydroxylation is 1. The highest BCUT2D eigenvalue weighted by atomic mass is 31.2. The highest BCUT2D eigenvalue weighted by molar-refractivity contribution is 7.58. The van der Waals surface area contributed by atoms with Gasteiger partial charge in [0.25, 0.3) is 5.56 Å². The number of methoxy groups -OCH3 is 1. The predicted molar refractivity (Wildman–Crippen MR) is 142 cm³/mol. The van der Waals surface area contributed by atoms with E-state index in [2.05, 4.69) is 11.6 Å². The van der Waals surface area contributed by atoms with Crippen LogP contribution in [0.5, 0.6) is 0 Å². The molecule has 0 bridgehead atoms. The fraction of sp³-hybridized carbons (Fsp3) is 0.500. The number of hydrogen-bond donors (Lipinski definition) is 1. The van der Waals surface area contributed by atoms with E-state index in [1.54, 1.807) is 44.2 Å². The molecule has 3 rings (SSSR count). The summed E-state index contributed by atoms with van der Waals surface area (Å²) in [6, 6.07) is 8.34. The van der Waals surface area contributed by atoms with Gasteiger partial charge in [-0.25, -0.2) is 9.59 Å². The molecular formula is C26H35N2O10P. The summed E-state index contributed by atoms with van der Waals surface area (Å²) >= 11 is 0. The maximum Gasteiger partial charge on any atom is 0.356 e. The first-order valence-electron chi connectivity index (χ1n) is 12.6. The molecule has 13 heteroatoms. The Morgan fingerprint density at radius 2 is 1.77 bits per heavy atom. The summed E-state index contributed by atoms with van der Waals surface area (Å²) < 4.78 is 48.7. The van der Waals surface area contributed by atoms with Gasteiger partial charge in [0, 0.05) is 30.6 Å². The summed E-state index contributed by atoms with van der Waals surface area (Å²) in [6.45, 7) is 9.35. The maximum atomic E-state index is 13.4. The summed E-state index contributed by atoms with van der Waals surface area (Å²) in [4.78, 5) is 40.2. The van der Waals surface area contributed by atoms with Gasteiger partial charge in [-0.1, -0.05) is 24.8 Å². The van der Waals surface area contributed by atoms with Gasteiger partial charge in [0.05, 0.1) is 32.0 Å². The Balaban J connectivity index is 2.04. The average Bonchev–Trinajstić information content (AvgIpc) is 3.23. The Morgan fingerprint density at radius 3 is 2.38 bits per heavy atom. The lowest BCUT2D eigenvalue weighted by Gasteiger charge is -2.26. The SMILES string of the molecule is C=C(CC1O[C@@H](n2cc(C)c(=O)[nH]c2=O)[C@H](OCCOC)[C@@H]1OC(=O)c1ccccc1)P(=O)(OCC)OCC. The number of esters is 1. The second-order valence-corrected chi connectivity index (χ2v) is 10.9. The van der Waals surface area contributed by atoms with Crippen LogP contribution in [-0.2, 0) is 32.6 Å². The Bertz CT molecular complexity index is 1280. The van der Waals surface area contributed by atoms with Crippen molar-refractivity contribution in [2.24, 2.45) is 0 Å². The molecule has 2 aromatic rings. The van der Waals surface area contributed by atoms with Crippen LogP contribution in [0.1, 0.15) is 42.4 Å². The molecule has 1 aliphatic heterocycles. The number of ether oxygens (including phenoxy) is 4. The largest absolute Gasteiger partial charge is 0.453 e. The van der Waals surface area contributed by atoms with Crippen molar-refractivity contribution in [3.63, 3.8) is 0 Å². The molecule has 0 spiro atoms. The summed E-state index contributed by atoms with van der Waals surface area (Å²) in [5.74, 6) is -0.649. The molecule has 1 N–H and O–H groups in total. The molecule has 1 unspecified atom stereocenters. The third-order valence-electron chi connectivity index (χ3n) is 5.98. The zero-order valence-electron chi connectivity index (χ0n) is 22.5. The number of benzene rings is 1. The monoisotopic (exact) mass is 566 g/mol. The van der Waals surface area contributed by atoms with Crippen molar-refractivity contribution in [1.82, 2.24) is 9.55 Å². The lowest BCUT2D eigenvalue weighted by atomic mass is 10.1. The molecule has 2 heterocycles. The maximum absolute atomic E-state index is 13.4. The number of aromatic nitrogens is 2. The lowest BCUT2D eigenvalue weighted by Crippen LogP contribution is -2.42. The third-order valence-corrected chi connectivity index (χ3v) is 8.13. The van der Waals surface area contributed by atoms with E-state index >= 15 is 0 Å². The van der Waals surface area contributed by atoms with Crippen molar-refractivity contribution < 1.29 is 37.4 Å². The molecule has 214 valence electrons. The second kappa shape index (κ2) is 14.0. The van der Waals surface area contributed by atoms with Gasteiger partial charge in [0.2, 0.25) is 0 Å². The molecule has 1 fully saturated rings. The van der Waals surface area contributed by atoms with Gasteiger partial charge in [-0.05, 0) is 32.9 Å². The number of H-pyrrole nitrogens is 1. The minimum atomic E-state index is -3.73. The van der Waals surface area contributed by atoms with Gasteiger partial charge < -0.3 is 28.0 Å². The minimum Gasteiger partial charge on any atom is -0.453 e. The van der Waals surface area contributed by atoms with E-state index in [0.29, 0.717) is 5.56 Å². The van der Waals surface area contributed by atoms with Crippen LogP contribution in [-0.4, -0.2) is 67.4 Å². The van der Waals surface area contributed by atoms with Crippen molar-refractivity contribution in [1.29, 1.82) is 0 Å². The van der Waals surface area contributed by atoms with Crippen LogP contribution in [0.3, 0.4) is 0 Å². The first-order valence-corrected chi connectivity index (χ1v) is 14.1. The molecule has 0 radical (unpaired) electrons. The van der Waals surface area contributed by atoms with Gasteiger partial charge in [-0.15, -0.1) is 0 Å². The summed E-state index contributed by atoms with van der Waals surface area (Å²) in [7, 11) is -2.23. The highest BCUT2D eigenvalue weighted by Gasteiger charge is 2.50. The third kappa shape index (κ3) is 7.42. The van der Waals surface area contributed by atoms with Gasteiger partial charge in [-0.2, -0.15) is 0 Å². The highest BCUT2D eigenvalue weighted by Crippen LogP contribution is 2.57. The zero-order chi connectivity index (χ0) is 28.6. The second-order valence-electron chi connectivity index (χ2n) is 8.71. The molecule has 12 nitrogen and oxygen atoms in total. The van der Waals surface area contributed by atoms with Gasteiger partial charge in [0.15, 0.2) is 12.3 Å². The number of nitrogens with zero attached hydrogens (tertiary/aromatic N) is 1. The Morgan fingerprint density at radius 1 is 1.10 bits per heavy atom. The lowest BCUT2D eigenvalue weighted by molar-refractivity contribution is -0.0819. The van der Waals surface area contributed by atoms with Crippen molar-refractivity contribution >= 4 is 13.6 Å². The molecule has 1 saturated heterocycles. The Kier molecular flexibility index (Phi) is 11.0. The van der Waals surface area contributed by atoms with Crippen LogP contribution < -0.4 is 11.2 Å². The normalized spacial score (nSPS) is 21.1. The number of rotatable bonds is 14. The van der Waals surface area contributed by atoms with Crippen molar-refractivity contribution in [3.8, 4) is 0 Å². The Hall–Kier alpha value is -2.86. The molecule has 4 atom stereocenters. The summed E-state index contributed by atoms with van der Waals surface area (Å²) in [5, 5.41) is 0.109. The molecule has 39 heavy (non-hydrogen) atoms. The molecule has 0 saturated carbocycles. The number of nitrogens with one attached hydrogen (secondary N) is 1. The topological polar surface area (TPSA) is 144 Å². The number of carbonyl (C=O) groups excluding carboxylic acids is 1. The minimum absolute atomic E-state index is 0.0849. The molecule has 0 aliphatic carbocycles. The van der Waals surface area contributed by atoms with Gasteiger partial charge >= 0.3 is 19.3 Å². The molecule has 1 aliphatic rings. The fourth-order valence-corrected chi connectivity index (χ4v) is 5.65. The van der Waals surface area contributed by atoms with Crippen LogP contribution in [0, 0.1) is 6.92 Å². The molecule has 1 aromatic heterocycles. The van der Waals surface area contributed by atoms with Crippen LogP contribution in [0.25, 0.3) is 0 Å².